The number of piperidine rings is 1. The summed E-state index contributed by atoms with van der Waals surface area (Å²) in [5.41, 5.74) is 4.00. The zero-order chi connectivity index (χ0) is 32.0. The molecular formula is C36H43N5O4. The molecular weight excluding hydrogens is 566 g/mol. The minimum absolute atomic E-state index is 0.0281. The van der Waals surface area contributed by atoms with Crippen LogP contribution in [0.4, 0.5) is 16.3 Å². The molecule has 1 fully saturated rings. The van der Waals surface area contributed by atoms with Crippen LogP contribution < -0.4 is 25.4 Å². The SMILES string of the molecule is COc1ccc(OCC(=O)C(c2ccccc2NC(=O)Nc2cc(C(C)(C)C)nn2-c2ccc(C)cc2)C2CCNCC2)cc1. The van der Waals surface area contributed by atoms with Crippen LogP contribution in [-0.4, -0.2) is 48.4 Å². The molecule has 45 heavy (non-hydrogen) atoms. The molecule has 4 aromatic rings. The molecule has 3 aromatic carbocycles. The fourth-order valence-electron chi connectivity index (χ4n) is 5.66. The van der Waals surface area contributed by atoms with Crippen molar-refractivity contribution in [1.29, 1.82) is 0 Å². The van der Waals surface area contributed by atoms with Crippen LogP contribution in [0.15, 0.2) is 78.9 Å². The predicted octanol–water partition coefficient (Wildman–Crippen LogP) is 6.86. The number of hydrogen-bond acceptors (Lipinski definition) is 6. The third-order valence-corrected chi connectivity index (χ3v) is 8.18. The van der Waals surface area contributed by atoms with Gasteiger partial charge in [-0.25, -0.2) is 9.48 Å². The summed E-state index contributed by atoms with van der Waals surface area (Å²) >= 11 is 0. The van der Waals surface area contributed by atoms with E-state index in [0.717, 1.165) is 54.2 Å². The van der Waals surface area contributed by atoms with Crippen molar-refractivity contribution in [2.45, 2.75) is 51.9 Å². The molecule has 236 valence electrons. The molecule has 0 spiro atoms. The summed E-state index contributed by atoms with van der Waals surface area (Å²) in [6.45, 7) is 9.89. The molecule has 5 rings (SSSR count). The lowest BCUT2D eigenvalue weighted by Crippen LogP contribution is -2.35. The fourth-order valence-corrected chi connectivity index (χ4v) is 5.66. The first-order chi connectivity index (χ1) is 21.6. The molecule has 1 saturated heterocycles. The molecule has 2 heterocycles. The number of methoxy groups -OCH3 is 1. The van der Waals surface area contributed by atoms with E-state index in [1.807, 2.05) is 61.5 Å². The molecule has 0 saturated carbocycles. The molecule has 0 aliphatic carbocycles. The van der Waals surface area contributed by atoms with E-state index < -0.39 is 11.9 Å². The van der Waals surface area contributed by atoms with Gasteiger partial charge in [0.05, 0.1) is 24.4 Å². The van der Waals surface area contributed by atoms with Crippen molar-refractivity contribution >= 4 is 23.3 Å². The summed E-state index contributed by atoms with van der Waals surface area (Å²) in [6.07, 6.45) is 1.70. The predicted molar refractivity (Wildman–Crippen MR) is 178 cm³/mol. The Morgan fingerprint density at radius 1 is 0.956 bits per heavy atom. The van der Waals surface area contributed by atoms with E-state index in [2.05, 4.69) is 36.7 Å². The molecule has 1 aliphatic heterocycles. The molecule has 1 unspecified atom stereocenters. The van der Waals surface area contributed by atoms with E-state index in [-0.39, 0.29) is 23.7 Å². The molecule has 3 N–H and O–H groups in total. The van der Waals surface area contributed by atoms with Gasteiger partial charge in [0.15, 0.2) is 5.78 Å². The molecule has 1 aliphatic rings. The van der Waals surface area contributed by atoms with Crippen LogP contribution in [0.2, 0.25) is 0 Å². The minimum atomic E-state index is -0.438. The summed E-state index contributed by atoms with van der Waals surface area (Å²) in [4.78, 5) is 27.4. The van der Waals surface area contributed by atoms with E-state index >= 15 is 0 Å². The van der Waals surface area contributed by atoms with Crippen molar-refractivity contribution in [1.82, 2.24) is 15.1 Å². The lowest BCUT2D eigenvalue weighted by molar-refractivity contribution is -0.123. The summed E-state index contributed by atoms with van der Waals surface area (Å²) < 4.78 is 12.9. The van der Waals surface area contributed by atoms with Crippen LogP contribution in [0.3, 0.4) is 0 Å². The van der Waals surface area contributed by atoms with Crippen molar-refractivity contribution in [3.05, 3.63) is 95.7 Å². The van der Waals surface area contributed by atoms with Gasteiger partial charge in [-0.15, -0.1) is 0 Å². The van der Waals surface area contributed by atoms with Gasteiger partial charge in [0.2, 0.25) is 0 Å². The molecule has 1 aromatic heterocycles. The van der Waals surface area contributed by atoms with E-state index in [4.69, 9.17) is 14.6 Å². The zero-order valence-corrected chi connectivity index (χ0v) is 26.7. The smallest absolute Gasteiger partial charge is 0.324 e. The average Bonchev–Trinajstić information content (AvgIpc) is 3.46. The standard InChI is InChI=1S/C36H43N5O4/c1-24-10-12-26(13-11-24)41-33(22-32(40-41)36(2,3)4)39-35(43)38-30-9-7-6-8-29(30)34(25-18-20-37-21-19-25)31(42)23-45-28-16-14-27(44-5)15-17-28/h6-17,22,25,34,37H,18-21,23H2,1-5H3,(H2,38,39,43). The molecule has 9 nitrogen and oxygen atoms in total. The second kappa shape index (κ2) is 14.0. The first-order valence-electron chi connectivity index (χ1n) is 15.5. The molecule has 0 radical (unpaired) electrons. The monoisotopic (exact) mass is 609 g/mol. The quantitative estimate of drug-likeness (QED) is 0.181. The first kappa shape index (κ1) is 31.8. The maximum absolute atomic E-state index is 13.9. The number of nitrogens with one attached hydrogen (secondary N) is 3. The summed E-state index contributed by atoms with van der Waals surface area (Å²) in [5.74, 6) is 1.51. The highest BCUT2D eigenvalue weighted by atomic mass is 16.5. The van der Waals surface area contributed by atoms with Crippen LogP contribution in [0.1, 0.15) is 56.4 Å². The van der Waals surface area contributed by atoms with Gasteiger partial charge in [0, 0.05) is 17.2 Å². The lowest BCUT2D eigenvalue weighted by Gasteiger charge is -2.31. The minimum Gasteiger partial charge on any atom is -0.497 e. The summed E-state index contributed by atoms with van der Waals surface area (Å²) in [6, 6.07) is 24.2. The molecule has 2 amide bonds. The normalized spacial score (nSPS) is 14.4. The number of carbonyl (C=O) groups is 2. The van der Waals surface area contributed by atoms with Gasteiger partial charge in [-0.05, 0) is 86.8 Å². The van der Waals surface area contributed by atoms with E-state index in [1.165, 1.54) is 0 Å². The molecule has 9 heteroatoms. The number of para-hydroxylation sites is 1. The van der Waals surface area contributed by atoms with Crippen molar-refractivity contribution < 1.29 is 19.1 Å². The van der Waals surface area contributed by atoms with Crippen LogP contribution in [0.25, 0.3) is 5.69 Å². The van der Waals surface area contributed by atoms with Gasteiger partial charge in [-0.1, -0.05) is 56.7 Å². The number of ether oxygens (including phenoxy) is 2. The number of hydrogen-bond donors (Lipinski definition) is 3. The lowest BCUT2D eigenvalue weighted by atomic mass is 9.77. The van der Waals surface area contributed by atoms with Crippen molar-refractivity contribution in [3.63, 3.8) is 0 Å². The largest absolute Gasteiger partial charge is 0.497 e. The summed E-state index contributed by atoms with van der Waals surface area (Å²) in [7, 11) is 1.61. The number of Topliss-reactive ketones (excluding diaryl/α,β-unsaturated/α-hetero) is 1. The van der Waals surface area contributed by atoms with E-state index in [1.54, 1.807) is 36.1 Å². The van der Waals surface area contributed by atoms with Gasteiger partial charge >= 0.3 is 6.03 Å². The Balaban J connectivity index is 1.39. The maximum atomic E-state index is 13.9. The number of aryl methyl sites for hydroxylation is 1. The van der Waals surface area contributed by atoms with Crippen LogP contribution >= 0.6 is 0 Å². The first-order valence-corrected chi connectivity index (χ1v) is 15.5. The zero-order valence-electron chi connectivity index (χ0n) is 26.7. The number of carbonyl (C=O) groups excluding carboxylic acids is 2. The Morgan fingerprint density at radius 3 is 2.29 bits per heavy atom. The van der Waals surface area contributed by atoms with Crippen LogP contribution in [0.5, 0.6) is 11.5 Å². The second-order valence-electron chi connectivity index (χ2n) is 12.6. The Labute approximate surface area is 265 Å². The van der Waals surface area contributed by atoms with Crippen molar-refractivity contribution in [2.24, 2.45) is 5.92 Å². The summed E-state index contributed by atoms with van der Waals surface area (Å²) in [5, 5.41) is 14.3. The van der Waals surface area contributed by atoms with Gasteiger partial charge < -0.3 is 20.1 Å². The number of anilines is 2. The third kappa shape index (κ3) is 7.91. The Morgan fingerprint density at radius 2 is 1.62 bits per heavy atom. The van der Waals surface area contributed by atoms with Gasteiger partial charge in [0.1, 0.15) is 23.9 Å². The highest BCUT2D eigenvalue weighted by molar-refractivity contribution is 6.01. The highest BCUT2D eigenvalue weighted by Crippen LogP contribution is 2.36. The molecule has 0 bridgehead atoms. The Kier molecular flexibility index (Phi) is 9.88. The Bertz CT molecular complexity index is 1600. The van der Waals surface area contributed by atoms with Crippen molar-refractivity contribution in [3.8, 4) is 17.2 Å². The second-order valence-corrected chi connectivity index (χ2v) is 12.6. The molecule has 1 atom stereocenters. The van der Waals surface area contributed by atoms with Crippen molar-refractivity contribution in [2.75, 3.05) is 37.4 Å². The number of benzene rings is 3. The fraction of sp³-hybridized carbons (Fsp3) is 0.361. The van der Waals surface area contributed by atoms with Crippen LogP contribution in [-0.2, 0) is 10.2 Å². The van der Waals surface area contributed by atoms with Gasteiger partial charge in [-0.3, -0.25) is 10.1 Å². The number of urea groups is 1. The van der Waals surface area contributed by atoms with Gasteiger partial charge in [-0.2, -0.15) is 5.10 Å². The number of ketones is 1. The highest BCUT2D eigenvalue weighted by Gasteiger charge is 2.33. The number of amides is 2. The number of nitrogens with zero attached hydrogens (tertiary/aromatic N) is 2. The van der Waals surface area contributed by atoms with Crippen LogP contribution in [0, 0.1) is 12.8 Å². The maximum Gasteiger partial charge on any atom is 0.324 e. The third-order valence-electron chi connectivity index (χ3n) is 8.18. The van der Waals surface area contributed by atoms with E-state index in [0.29, 0.717) is 17.3 Å². The van der Waals surface area contributed by atoms with Gasteiger partial charge in [0.25, 0.3) is 0 Å². The number of rotatable bonds is 10. The topological polar surface area (TPSA) is 107 Å². The van der Waals surface area contributed by atoms with E-state index in [9.17, 15) is 9.59 Å². The average molecular weight is 610 g/mol. The number of aromatic nitrogens is 2. The Hall–Kier alpha value is -4.63.